The van der Waals surface area contributed by atoms with Crippen molar-refractivity contribution in [2.45, 2.75) is 33.2 Å². The summed E-state index contributed by atoms with van der Waals surface area (Å²) in [5.41, 5.74) is 2.50. The summed E-state index contributed by atoms with van der Waals surface area (Å²) in [5, 5.41) is 10.6. The summed E-state index contributed by atoms with van der Waals surface area (Å²) < 4.78 is 5.33. The lowest BCUT2D eigenvalue weighted by Gasteiger charge is -2.28. The standard InChI is InChI=1S/C24H28N2O4/c1-5-20(27)21-22(16-9-8-10-19(15-16)30-4)26(24(29)23(21)28)18-13-11-17(12-14-18)25(6-2)7-3/h8-15,22,28H,5-7H2,1-4H3. The molecule has 2 aromatic carbocycles. The van der Waals surface area contributed by atoms with Crippen LogP contribution in [0, 0.1) is 0 Å². The number of amides is 1. The fourth-order valence-corrected chi connectivity index (χ4v) is 3.89. The highest BCUT2D eigenvalue weighted by Gasteiger charge is 2.43. The van der Waals surface area contributed by atoms with Gasteiger partial charge in [-0.1, -0.05) is 19.1 Å². The van der Waals surface area contributed by atoms with E-state index < -0.39 is 17.7 Å². The fourth-order valence-electron chi connectivity index (χ4n) is 3.89. The number of carbonyl (C=O) groups is 2. The molecule has 2 aromatic rings. The Bertz CT molecular complexity index is 961. The van der Waals surface area contributed by atoms with Gasteiger partial charge in [0.1, 0.15) is 5.75 Å². The molecule has 0 aliphatic carbocycles. The highest BCUT2D eigenvalue weighted by molar-refractivity contribution is 6.16. The Balaban J connectivity index is 2.10. The van der Waals surface area contributed by atoms with Gasteiger partial charge in [-0.2, -0.15) is 0 Å². The average Bonchev–Trinajstić information content (AvgIpc) is 3.05. The van der Waals surface area contributed by atoms with Gasteiger partial charge in [-0.3, -0.25) is 14.5 Å². The Kier molecular flexibility index (Phi) is 6.45. The second-order valence-electron chi connectivity index (χ2n) is 7.08. The Morgan fingerprint density at radius 3 is 2.33 bits per heavy atom. The first-order valence-corrected chi connectivity index (χ1v) is 10.3. The Hall–Kier alpha value is -3.28. The molecular formula is C24H28N2O4. The lowest BCUT2D eigenvalue weighted by molar-refractivity contribution is -0.118. The number of carbonyl (C=O) groups excluding carboxylic acids is 2. The van der Waals surface area contributed by atoms with Crippen LogP contribution in [-0.2, 0) is 9.59 Å². The smallest absolute Gasteiger partial charge is 0.294 e. The van der Waals surface area contributed by atoms with Crippen molar-refractivity contribution in [2.24, 2.45) is 0 Å². The first kappa shape index (κ1) is 21.4. The predicted molar refractivity (Wildman–Crippen MR) is 118 cm³/mol. The molecule has 1 aliphatic rings. The number of nitrogens with zero attached hydrogens (tertiary/aromatic N) is 2. The van der Waals surface area contributed by atoms with Crippen LogP contribution in [-0.4, -0.2) is 37.0 Å². The number of ether oxygens (including phenoxy) is 1. The molecule has 0 bridgehead atoms. The van der Waals surface area contributed by atoms with Crippen LogP contribution in [0.1, 0.15) is 38.8 Å². The predicted octanol–water partition coefficient (Wildman–Crippen LogP) is 4.42. The Morgan fingerprint density at radius 2 is 1.77 bits per heavy atom. The van der Waals surface area contributed by atoms with E-state index in [2.05, 4.69) is 18.7 Å². The largest absolute Gasteiger partial charge is 0.503 e. The number of ketones is 1. The minimum Gasteiger partial charge on any atom is -0.503 e. The van der Waals surface area contributed by atoms with Crippen molar-refractivity contribution < 1.29 is 19.4 Å². The van der Waals surface area contributed by atoms with E-state index >= 15 is 0 Å². The molecule has 0 aromatic heterocycles. The van der Waals surface area contributed by atoms with Crippen molar-refractivity contribution >= 4 is 23.1 Å². The quantitative estimate of drug-likeness (QED) is 0.700. The molecule has 1 amide bonds. The van der Waals surface area contributed by atoms with Gasteiger partial charge < -0.3 is 14.7 Å². The van der Waals surface area contributed by atoms with Gasteiger partial charge in [-0.25, -0.2) is 0 Å². The number of hydrogen-bond acceptors (Lipinski definition) is 5. The second-order valence-corrected chi connectivity index (χ2v) is 7.08. The van der Waals surface area contributed by atoms with Crippen LogP contribution >= 0.6 is 0 Å². The first-order chi connectivity index (χ1) is 14.5. The molecule has 6 heteroatoms. The third kappa shape index (κ3) is 3.77. The van der Waals surface area contributed by atoms with Crippen molar-refractivity contribution in [3.05, 3.63) is 65.4 Å². The molecule has 1 atom stereocenters. The van der Waals surface area contributed by atoms with E-state index in [9.17, 15) is 14.7 Å². The molecule has 1 N–H and O–H groups in total. The highest BCUT2D eigenvalue weighted by atomic mass is 16.5. The first-order valence-electron chi connectivity index (χ1n) is 10.3. The Morgan fingerprint density at radius 1 is 1.10 bits per heavy atom. The van der Waals surface area contributed by atoms with Crippen LogP contribution in [0.5, 0.6) is 5.75 Å². The van der Waals surface area contributed by atoms with Crippen LogP contribution in [0.3, 0.4) is 0 Å². The third-order valence-electron chi connectivity index (χ3n) is 5.50. The summed E-state index contributed by atoms with van der Waals surface area (Å²) in [4.78, 5) is 29.4. The zero-order valence-corrected chi connectivity index (χ0v) is 17.9. The SMILES string of the molecule is CCC(=O)C1=C(O)C(=O)N(c2ccc(N(CC)CC)cc2)C1c1cccc(OC)c1. The van der Waals surface area contributed by atoms with E-state index in [1.807, 2.05) is 36.4 Å². The number of anilines is 2. The molecule has 0 radical (unpaired) electrons. The normalized spacial score (nSPS) is 16.2. The zero-order valence-electron chi connectivity index (χ0n) is 17.9. The molecule has 30 heavy (non-hydrogen) atoms. The summed E-state index contributed by atoms with van der Waals surface area (Å²) in [5.74, 6) is -0.694. The van der Waals surface area contributed by atoms with Gasteiger partial charge in [0.2, 0.25) is 0 Å². The average molecular weight is 408 g/mol. The lowest BCUT2D eigenvalue weighted by atomic mass is 9.94. The van der Waals surface area contributed by atoms with E-state index in [1.165, 1.54) is 4.90 Å². The van der Waals surface area contributed by atoms with Crippen LogP contribution in [0.4, 0.5) is 11.4 Å². The molecule has 1 unspecified atom stereocenters. The minimum atomic E-state index is -0.709. The zero-order chi connectivity index (χ0) is 21.8. The molecule has 0 saturated carbocycles. The maximum absolute atomic E-state index is 13.0. The van der Waals surface area contributed by atoms with Gasteiger partial charge >= 0.3 is 0 Å². The van der Waals surface area contributed by atoms with Crippen LogP contribution in [0.2, 0.25) is 0 Å². The number of aliphatic hydroxyl groups excluding tert-OH is 1. The van der Waals surface area contributed by atoms with Gasteiger partial charge in [0.25, 0.3) is 5.91 Å². The third-order valence-corrected chi connectivity index (χ3v) is 5.50. The Labute approximate surface area is 177 Å². The van der Waals surface area contributed by atoms with E-state index in [1.54, 1.807) is 26.2 Å². The fraction of sp³-hybridized carbons (Fsp3) is 0.333. The van der Waals surface area contributed by atoms with Gasteiger partial charge in [0.05, 0.1) is 18.7 Å². The maximum Gasteiger partial charge on any atom is 0.294 e. The highest BCUT2D eigenvalue weighted by Crippen LogP contribution is 2.42. The maximum atomic E-state index is 13.0. The molecular weight excluding hydrogens is 380 g/mol. The number of aliphatic hydroxyl groups is 1. The molecule has 0 spiro atoms. The van der Waals surface area contributed by atoms with E-state index in [-0.39, 0.29) is 17.8 Å². The molecule has 3 rings (SSSR count). The van der Waals surface area contributed by atoms with Crippen molar-refractivity contribution in [2.75, 3.05) is 30.0 Å². The molecule has 158 valence electrons. The number of hydrogen-bond donors (Lipinski definition) is 1. The summed E-state index contributed by atoms with van der Waals surface area (Å²) in [7, 11) is 1.56. The van der Waals surface area contributed by atoms with Gasteiger partial charge in [0.15, 0.2) is 11.5 Å². The second kappa shape index (κ2) is 9.03. The lowest BCUT2D eigenvalue weighted by Crippen LogP contribution is -2.31. The van der Waals surface area contributed by atoms with Gasteiger partial charge in [-0.15, -0.1) is 0 Å². The molecule has 0 saturated heterocycles. The molecule has 1 heterocycles. The minimum absolute atomic E-state index is 0.128. The van der Waals surface area contributed by atoms with Crippen molar-refractivity contribution in [3.8, 4) is 5.75 Å². The van der Waals surface area contributed by atoms with Crippen molar-refractivity contribution in [1.82, 2.24) is 0 Å². The van der Waals surface area contributed by atoms with E-state index in [0.29, 0.717) is 17.0 Å². The number of rotatable bonds is 8. The summed E-state index contributed by atoms with van der Waals surface area (Å²) in [6.45, 7) is 7.65. The number of benzene rings is 2. The van der Waals surface area contributed by atoms with Crippen LogP contribution in [0.25, 0.3) is 0 Å². The summed E-state index contributed by atoms with van der Waals surface area (Å²) >= 11 is 0. The summed E-state index contributed by atoms with van der Waals surface area (Å²) in [6, 6.07) is 14.1. The van der Waals surface area contributed by atoms with Crippen molar-refractivity contribution in [3.63, 3.8) is 0 Å². The van der Waals surface area contributed by atoms with E-state index in [0.717, 1.165) is 18.8 Å². The van der Waals surface area contributed by atoms with Gasteiger partial charge in [-0.05, 0) is 55.8 Å². The van der Waals surface area contributed by atoms with Crippen LogP contribution < -0.4 is 14.5 Å². The molecule has 1 aliphatic heterocycles. The monoisotopic (exact) mass is 408 g/mol. The number of methoxy groups -OCH3 is 1. The summed E-state index contributed by atoms with van der Waals surface area (Å²) in [6.07, 6.45) is 0.196. The van der Waals surface area contributed by atoms with E-state index in [4.69, 9.17) is 4.74 Å². The van der Waals surface area contributed by atoms with Gasteiger partial charge in [0, 0.05) is 30.9 Å². The number of Topliss-reactive ketones (excluding diaryl/α,β-unsaturated/α-hetero) is 1. The van der Waals surface area contributed by atoms with Crippen LogP contribution in [0.15, 0.2) is 59.9 Å². The topological polar surface area (TPSA) is 70.1 Å². The molecule has 0 fully saturated rings. The molecule has 6 nitrogen and oxygen atoms in total. The van der Waals surface area contributed by atoms with Crippen molar-refractivity contribution in [1.29, 1.82) is 0 Å².